The van der Waals surface area contributed by atoms with Gasteiger partial charge in [-0.15, -0.1) is 0 Å². The summed E-state index contributed by atoms with van der Waals surface area (Å²) >= 11 is 0. The molecule has 664 valence electrons. The first-order chi connectivity index (χ1) is 54.4. The van der Waals surface area contributed by atoms with Crippen LogP contribution in [0.5, 0.6) is 0 Å². The molecule has 9 fully saturated rings. The normalized spacial score (nSPS) is 47.9. The number of rotatable bonds is 30. The van der Waals surface area contributed by atoms with Crippen LogP contribution < -0.4 is 26.6 Å². The molecule has 0 aromatic heterocycles. The summed E-state index contributed by atoms with van der Waals surface area (Å²) < 4.78 is 103. The van der Waals surface area contributed by atoms with Gasteiger partial charge in [-0.05, 0) is 0 Å². The second-order valence-corrected chi connectivity index (χ2v) is 28.9. The summed E-state index contributed by atoms with van der Waals surface area (Å²) in [5.41, 5.74) is 0. The molecule has 0 aliphatic carbocycles. The Balaban J connectivity index is 1.16. The van der Waals surface area contributed by atoms with Crippen LogP contribution >= 0.6 is 0 Å². The van der Waals surface area contributed by atoms with E-state index in [4.69, 9.17) is 80.5 Å². The number of carbonyl (C=O) groups is 5. The first-order valence-electron chi connectivity index (χ1n) is 36.6. The summed E-state index contributed by atoms with van der Waals surface area (Å²) in [7, 11) is 0. The summed E-state index contributed by atoms with van der Waals surface area (Å²) in [5.74, 6) is -4.63. The van der Waals surface area contributed by atoms with Crippen LogP contribution in [0.3, 0.4) is 0 Å². The second kappa shape index (κ2) is 41.5. The van der Waals surface area contributed by atoms with E-state index in [1.165, 1.54) is 0 Å². The fourth-order valence-electron chi connectivity index (χ4n) is 14.9. The summed E-state index contributed by atoms with van der Waals surface area (Å²) in [6.07, 6.45) is -85.6. The average Bonchev–Trinajstić information content (AvgIpc) is 0.758. The van der Waals surface area contributed by atoms with Crippen LogP contribution in [-0.2, 0) is 104 Å². The van der Waals surface area contributed by atoms with Crippen LogP contribution in [0.25, 0.3) is 0 Å². The molecule has 115 heavy (non-hydrogen) atoms. The van der Waals surface area contributed by atoms with Crippen molar-refractivity contribution in [3.63, 3.8) is 0 Å². The minimum absolute atomic E-state index is 0.805. The monoisotopic (exact) mass is 1680 g/mol. The Labute approximate surface area is 651 Å². The number of carbonyl (C=O) groups excluding carboxylic acids is 5. The van der Waals surface area contributed by atoms with Gasteiger partial charge in [0.25, 0.3) is 0 Å². The molecule has 9 saturated heterocycles. The van der Waals surface area contributed by atoms with E-state index in [0.717, 1.165) is 34.6 Å². The van der Waals surface area contributed by atoms with Gasteiger partial charge in [-0.2, -0.15) is 0 Å². The van der Waals surface area contributed by atoms with Crippen molar-refractivity contribution in [3.8, 4) is 0 Å². The molecule has 9 aliphatic heterocycles. The highest BCUT2D eigenvalue weighted by Gasteiger charge is 2.62. The van der Waals surface area contributed by atoms with E-state index in [0.29, 0.717) is 0 Å². The fourth-order valence-corrected chi connectivity index (χ4v) is 14.9. The molecule has 0 aromatic rings. The first-order valence-corrected chi connectivity index (χ1v) is 36.6. The minimum Gasteiger partial charge on any atom is -0.394 e. The Kier molecular flexibility index (Phi) is 34.1. The molecule has 0 saturated carbocycles. The molecule has 29 N–H and O–H groups in total. The van der Waals surface area contributed by atoms with Gasteiger partial charge in [-0.3, -0.25) is 24.0 Å². The number of aliphatic hydroxyl groups excluding tert-OH is 24. The molecule has 0 unspecified atom stereocenters. The van der Waals surface area contributed by atoms with E-state index in [-0.39, 0.29) is 0 Å². The quantitative estimate of drug-likeness (QED) is 0.0318. The SMILES string of the molecule is CC(=O)N[C@@H]1[C@@H](O[C@H]2[C@H](O[C@@H]3[C@H](O)[C@H](O[C@@H]4[C@@H](O)[C@H](NC(C)=O)[C@@H](O[C@H]5[C@H](O)[C@@H](NC(C)=O)[C@H](O)O[C@@H]5CO)O[C@H]4CO)O[C@H](CO[C@@H]4O[C@@H](CO)[C@H](O)[C@@H](O)[C@H]4O[C@@H]4O[C@H](CO)[C@@H](O[C@H]5O[C@@H](CO)[C@@H](O)[C@@H](O)[C@@H]5O)[C@H](O)[C@H]4NC(C)=O)[C@H]3O[C@@H]3O[C@H](CO)[C@@H](O)[C@H](O)[C@H]3NC(C)=O)O[C@@H](CO)[C@H](O)[C@H]2O)O[C@@H](CO)[C@H](O)[C@H]1O. The van der Waals surface area contributed by atoms with Gasteiger partial charge in [0.1, 0.15) is 219 Å². The van der Waals surface area contributed by atoms with Crippen LogP contribution in [0.15, 0.2) is 0 Å². The van der Waals surface area contributed by atoms with Gasteiger partial charge < -0.3 is 230 Å². The van der Waals surface area contributed by atoms with Crippen molar-refractivity contribution in [2.45, 2.75) is 311 Å². The third kappa shape index (κ3) is 21.3. The molecule has 51 heteroatoms. The zero-order valence-electron chi connectivity index (χ0n) is 62.1. The largest absolute Gasteiger partial charge is 0.394 e. The Bertz CT molecular complexity index is 3100. The van der Waals surface area contributed by atoms with Gasteiger partial charge in [0.05, 0.1) is 59.5 Å². The molecule has 9 aliphatic rings. The Morgan fingerprint density at radius 3 is 0.861 bits per heavy atom. The van der Waals surface area contributed by atoms with Gasteiger partial charge >= 0.3 is 0 Å². The van der Waals surface area contributed by atoms with Crippen LogP contribution in [0, 0.1) is 0 Å². The summed E-state index contributed by atoms with van der Waals surface area (Å²) in [4.78, 5) is 64.1. The smallest absolute Gasteiger partial charge is 0.217 e. The van der Waals surface area contributed by atoms with E-state index in [1.807, 2.05) is 0 Å². The number of ether oxygens (including phenoxy) is 17. The summed E-state index contributed by atoms with van der Waals surface area (Å²) in [5, 5.41) is 281. The molecule has 51 nitrogen and oxygen atoms in total. The van der Waals surface area contributed by atoms with Crippen molar-refractivity contribution in [3.05, 3.63) is 0 Å². The van der Waals surface area contributed by atoms with E-state index in [9.17, 15) is 147 Å². The van der Waals surface area contributed by atoms with Gasteiger partial charge in [0.15, 0.2) is 56.6 Å². The molecule has 9 rings (SSSR count). The predicted molar refractivity (Wildman–Crippen MR) is 355 cm³/mol. The van der Waals surface area contributed by atoms with Crippen LogP contribution in [0.4, 0.5) is 0 Å². The van der Waals surface area contributed by atoms with Crippen molar-refractivity contribution in [2.75, 3.05) is 59.5 Å². The third-order valence-corrected chi connectivity index (χ3v) is 20.8. The van der Waals surface area contributed by atoms with Gasteiger partial charge in [-0.25, -0.2) is 0 Å². The van der Waals surface area contributed by atoms with E-state index in [1.54, 1.807) is 0 Å². The number of hydrogen-bond donors (Lipinski definition) is 29. The molecule has 9 heterocycles. The van der Waals surface area contributed by atoms with Crippen LogP contribution in [-0.4, -0.2) is 488 Å². The van der Waals surface area contributed by atoms with Gasteiger partial charge in [0.2, 0.25) is 29.5 Å². The van der Waals surface area contributed by atoms with Gasteiger partial charge in [-0.1, -0.05) is 0 Å². The lowest BCUT2D eigenvalue weighted by Crippen LogP contribution is -2.71. The lowest BCUT2D eigenvalue weighted by atomic mass is 9.93. The van der Waals surface area contributed by atoms with Crippen LogP contribution in [0.2, 0.25) is 0 Å². The Morgan fingerprint density at radius 1 is 0.226 bits per heavy atom. The van der Waals surface area contributed by atoms with E-state index in [2.05, 4.69) is 26.6 Å². The van der Waals surface area contributed by atoms with E-state index >= 15 is 0 Å². The summed E-state index contributed by atoms with van der Waals surface area (Å²) in [6, 6.07) is -9.48. The predicted octanol–water partition coefficient (Wildman–Crippen LogP) is -19.9. The second-order valence-electron chi connectivity index (χ2n) is 28.9. The Morgan fingerprint density at radius 2 is 0.478 bits per heavy atom. The number of nitrogens with one attached hydrogen (secondary N) is 5. The standard InChI is InChI=1S/C64H107N5O46/c1-15(78)65-29-41(90)49(25(11-75)100-56(29)98)109-59-32(68-18(4)81)42(91)51(27(13-77)106-59)111-62-48(97)53(113-64-55(46(95)38(87)24(10-74)105-64)115-58-31(67-17(3)80)40(89)35(84)21(7-71)102-58)52(112-57-30(66-16(2)79)39(88)34(83)20(6-70)101-57)28(108-62)14-99-63-54(45(94)37(86)23(9-73)104-63)114-60-33(69-19(5)82)43(92)50(26(12-76)107-60)110-61-47(96)44(93)36(85)22(8-72)103-61/h20-64,70-77,83-98H,6-14H2,1-5H3,(H,65,78)(H,66,79)(H,67,80)(H,68,81)(H,69,82)/t20-,21+,22+,23+,24+,25-,26-,27+,28-,29-,30-,31+,32+,33-,34-,35+,36-,37+,38+,39-,40+,41-,42+,43-,44-,45-,46-,47+,48+,49-,50-,51+,52-,53-,54-,55-,56-,57+,58-,59-,60+,61-,62+,63-,64+/m1/s1. The molecule has 0 radical (unpaired) electrons. The highest BCUT2D eigenvalue weighted by Crippen LogP contribution is 2.41. The maximum absolute atomic E-state index is 13.2. The van der Waals surface area contributed by atoms with Gasteiger partial charge in [0, 0.05) is 34.6 Å². The number of hydrogen-bond acceptors (Lipinski definition) is 46. The van der Waals surface area contributed by atoms with Crippen molar-refractivity contribution >= 4 is 29.5 Å². The first kappa shape index (κ1) is 94.6. The van der Waals surface area contributed by atoms with E-state index < -0.39 is 365 Å². The maximum Gasteiger partial charge on any atom is 0.217 e. The zero-order valence-corrected chi connectivity index (χ0v) is 62.1. The zero-order chi connectivity index (χ0) is 84.8. The van der Waals surface area contributed by atoms with Crippen molar-refractivity contribution in [1.82, 2.24) is 26.6 Å². The Hall–Kier alpha value is -4.29. The lowest BCUT2D eigenvalue weighted by molar-refractivity contribution is -0.407. The maximum atomic E-state index is 13.2. The molecular formula is C64H107N5O46. The topological polar surface area (TPSA) is 788 Å². The highest BCUT2D eigenvalue weighted by molar-refractivity contribution is 5.75. The number of amides is 5. The molecule has 0 bridgehead atoms. The summed E-state index contributed by atoms with van der Waals surface area (Å²) in [6.45, 7) is -5.56. The molecule has 45 atom stereocenters. The van der Waals surface area contributed by atoms with Crippen molar-refractivity contribution in [1.29, 1.82) is 0 Å². The number of aliphatic hydroxyl groups is 24. The van der Waals surface area contributed by atoms with Crippen molar-refractivity contribution in [2.24, 2.45) is 0 Å². The molecule has 0 aromatic carbocycles. The fraction of sp³-hybridized carbons (Fsp3) is 0.922. The molecule has 5 amide bonds. The lowest BCUT2D eigenvalue weighted by Gasteiger charge is -2.52. The van der Waals surface area contributed by atoms with Crippen LogP contribution in [0.1, 0.15) is 34.6 Å². The highest BCUT2D eigenvalue weighted by atomic mass is 16.8. The molecule has 0 spiro atoms. The minimum atomic E-state index is -2.70. The molecular weight excluding hydrogens is 1570 g/mol. The average molecular weight is 1680 g/mol. The van der Waals surface area contributed by atoms with Crippen molar-refractivity contribution < 1.29 is 227 Å². The third-order valence-electron chi connectivity index (χ3n) is 20.8.